The van der Waals surface area contributed by atoms with Gasteiger partial charge in [0.15, 0.2) is 0 Å². The van der Waals surface area contributed by atoms with Gasteiger partial charge in [-0.3, -0.25) is 4.79 Å². The Morgan fingerprint density at radius 3 is 2.46 bits per heavy atom. The Labute approximate surface area is 145 Å². The summed E-state index contributed by atoms with van der Waals surface area (Å²) >= 11 is 0. The molecule has 0 aromatic carbocycles. The van der Waals surface area contributed by atoms with E-state index >= 15 is 0 Å². The fourth-order valence-electron chi connectivity index (χ4n) is 3.64. The highest BCUT2D eigenvalue weighted by Crippen LogP contribution is 2.23. The van der Waals surface area contributed by atoms with E-state index in [9.17, 15) is 4.79 Å². The quantitative estimate of drug-likeness (QED) is 0.849. The monoisotopic (exact) mass is 330 g/mol. The molecule has 1 atom stereocenters. The molecule has 0 spiro atoms. The molecule has 3 heterocycles. The summed E-state index contributed by atoms with van der Waals surface area (Å²) < 4.78 is 0. The molecule has 2 saturated heterocycles. The van der Waals surface area contributed by atoms with Crippen molar-refractivity contribution in [3.05, 3.63) is 17.5 Å². The number of aromatic nitrogens is 2. The second-order valence-electron chi connectivity index (χ2n) is 7.52. The van der Waals surface area contributed by atoms with Gasteiger partial charge in [-0.1, -0.05) is 13.8 Å². The van der Waals surface area contributed by atoms with Crippen LogP contribution in [-0.2, 0) is 0 Å². The molecule has 1 amide bonds. The zero-order chi connectivity index (χ0) is 17.1. The Kier molecular flexibility index (Phi) is 5.36. The lowest BCUT2D eigenvalue weighted by molar-refractivity contribution is 0.0629. The molecule has 5 heteroatoms. The van der Waals surface area contributed by atoms with E-state index < -0.39 is 0 Å². The summed E-state index contributed by atoms with van der Waals surface area (Å²) in [7, 11) is 0. The van der Waals surface area contributed by atoms with E-state index in [1.807, 2.05) is 11.0 Å². The van der Waals surface area contributed by atoms with Gasteiger partial charge in [-0.2, -0.15) is 0 Å². The number of hydrogen-bond donors (Lipinski definition) is 0. The SMILES string of the molecule is CC(C)c1cc(C(=O)N2CCCCC2C)nc(N2CCCCC2)n1. The van der Waals surface area contributed by atoms with Crippen LogP contribution in [-0.4, -0.2) is 46.5 Å². The molecule has 132 valence electrons. The molecule has 1 aromatic rings. The molecule has 0 aliphatic carbocycles. The number of nitrogens with zero attached hydrogens (tertiary/aromatic N) is 4. The Hall–Kier alpha value is -1.65. The van der Waals surface area contributed by atoms with Crippen LogP contribution in [0.2, 0.25) is 0 Å². The fraction of sp³-hybridized carbons (Fsp3) is 0.737. The highest BCUT2D eigenvalue weighted by atomic mass is 16.2. The highest BCUT2D eigenvalue weighted by molar-refractivity contribution is 5.93. The second-order valence-corrected chi connectivity index (χ2v) is 7.52. The summed E-state index contributed by atoms with van der Waals surface area (Å²) in [5, 5.41) is 0. The van der Waals surface area contributed by atoms with Crippen LogP contribution in [0.5, 0.6) is 0 Å². The number of anilines is 1. The van der Waals surface area contributed by atoms with Gasteiger partial charge in [0.1, 0.15) is 5.69 Å². The van der Waals surface area contributed by atoms with E-state index in [4.69, 9.17) is 4.98 Å². The van der Waals surface area contributed by atoms with Crippen molar-refractivity contribution >= 4 is 11.9 Å². The molecule has 0 radical (unpaired) electrons. The lowest BCUT2D eigenvalue weighted by Gasteiger charge is -2.33. The van der Waals surface area contributed by atoms with Gasteiger partial charge in [-0.05, 0) is 57.4 Å². The van der Waals surface area contributed by atoms with Crippen molar-refractivity contribution in [2.75, 3.05) is 24.5 Å². The number of hydrogen-bond acceptors (Lipinski definition) is 4. The molecule has 2 aliphatic heterocycles. The van der Waals surface area contributed by atoms with Gasteiger partial charge in [-0.25, -0.2) is 9.97 Å². The predicted octanol–water partition coefficient (Wildman–Crippen LogP) is 3.60. The van der Waals surface area contributed by atoms with Gasteiger partial charge in [0.2, 0.25) is 5.95 Å². The lowest BCUT2D eigenvalue weighted by Crippen LogP contribution is -2.42. The molecule has 0 N–H and O–H groups in total. The van der Waals surface area contributed by atoms with Crippen molar-refractivity contribution in [3.8, 4) is 0 Å². The summed E-state index contributed by atoms with van der Waals surface area (Å²) in [6, 6.07) is 2.21. The van der Waals surface area contributed by atoms with Crippen LogP contribution in [0.4, 0.5) is 5.95 Å². The maximum Gasteiger partial charge on any atom is 0.272 e. The van der Waals surface area contributed by atoms with Crippen molar-refractivity contribution in [3.63, 3.8) is 0 Å². The first-order valence-corrected chi connectivity index (χ1v) is 9.51. The fourth-order valence-corrected chi connectivity index (χ4v) is 3.64. The second kappa shape index (κ2) is 7.49. The Bertz CT molecular complexity index is 581. The number of piperidine rings is 2. The first kappa shape index (κ1) is 17.2. The molecular formula is C19H30N4O. The highest BCUT2D eigenvalue weighted by Gasteiger charge is 2.27. The van der Waals surface area contributed by atoms with E-state index in [2.05, 4.69) is 30.7 Å². The largest absolute Gasteiger partial charge is 0.341 e. The first-order chi connectivity index (χ1) is 11.6. The van der Waals surface area contributed by atoms with Crippen molar-refractivity contribution in [2.24, 2.45) is 0 Å². The smallest absolute Gasteiger partial charge is 0.272 e. The third-order valence-corrected chi connectivity index (χ3v) is 5.25. The minimum absolute atomic E-state index is 0.0739. The number of rotatable bonds is 3. The van der Waals surface area contributed by atoms with Crippen molar-refractivity contribution in [1.82, 2.24) is 14.9 Å². The molecule has 1 unspecified atom stereocenters. The normalized spacial score (nSPS) is 22.1. The summed E-state index contributed by atoms with van der Waals surface area (Å²) in [5.74, 6) is 1.11. The number of carbonyl (C=O) groups excluding carboxylic acids is 1. The molecule has 0 bridgehead atoms. The zero-order valence-corrected chi connectivity index (χ0v) is 15.3. The molecule has 5 nitrogen and oxygen atoms in total. The van der Waals surface area contributed by atoms with Gasteiger partial charge < -0.3 is 9.80 Å². The average Bonchev–Trinajstić information content (AvgIpc) is 2.62. The minimum atomic E-state index is 0.0739. The zero-order valence-electron chi connectivity index (χ0n) is 15.3. The minimum Gasteiger partial charge on any atom is -0.341 e. The van der Waals surface area contributed by atoms with E-state index in [0.717, 1.165) is 44.1 Å². The molecule has 2 fully saturated rings. The van der Waals surface area contributed by atoms with Crippen molar-refractivity contribution < 1.29 is 4.79 Å². The molecule has 3 rings (SSSR count). The van der Waals surface area contributed by atoms with Crippen LogP contribution in [0, 0.1) is 0 Å². The molecule has 1 aromatic heterocycles. The lowest BCUT2D eigenvalue weighted by atomic mass is 10.0. The average molecular weight is 330 g/mol. The summed E-state index contributed by atoms with van der Waals surface area (Å²) in [6.45, 7) is 9.23. The molecular weight excluding hydrogens is 300 g/mol. The van der Waals surface area contributed by atoms with Crippen LogP contribution >= 0.6 is 0 Å². The number of likely N-dealkylation sites (tertiary alicyclic amines) is 1. The van der Waals surface area contributed by atoms with Crippen LogP contribution in [0.15, 0.2) is 6.07 Å². The van der Waals surface area contributed by atoms with Gasteiger partial charge in [0.05, 0.1) is 0 Å². The summed E-state index contributed by atoms with van der Waals surface area (Å²) in [6.07, 6.45) is 7.04. The van der Waals surface area contributed by atoms with E-state index in [1.165, 1.54) is 25.7 Å². The topological polar surface area (TPSA) is 49.3 Å². The Balaban J connectivity index is 1.90. The predicted molar refractivity (Wildman–Crippen MR) is 96.5 cm³/mol. The first-order valence-electron chi connectivity index (χ1n) is 9.51. The summed E-state index contributed by atoms with van der Waals surface area (Å²) in [5.41, 5.74) is 1.54. The van der Waals surface area contributed by atoms with E-state index in [1.54, 1.807) is 0 Å². The number of carbonyl (C=O) groups is 1. The molecule has 2 aliphatic rings. The van der Waals surface area contributed by atoms with Gasteiger partial charge in [-0.15, -0.1) is 0 Å². The van der Waals surface area contributed by atoms with Gasteiger partial charge in [0, 0.05) is 31.4 Å². The third-order valence-electron chi connectivity index (χ3n) is 5.25. The Morgan fingerprint density at radius 1 is 1.08 bits per heavy atom. The van der Waals surface area contributed by atoms with Crippen LogP contribution in [0.1, 0.15) is 81.4 Å². The van der Waals surface area contributed by atoms with Crippen LogP contribution in [0.3, 0.4) is 0 Å². The van der Waals surface area contributed by atoms with Gasteiger partial charge in [0.25, 0.3) is 5.91 Å². The maximum absolute atomic E-state index is 13.0. The van der Waals surface area contributed by atoms with E-state index in [0.29, 0.717) is 17.7 Å². The maximum atomic E-state index is 13.0. The number of amides is 1. The van der Waals surface area contributed by atoms with E-state index in [-0.39, 0.29) is 5.91 Å². The third kappa shape index (κ3) is 3.70. The molecule has 24 heavy (non-hydrogen) atoms. The summed E-state index contributed by atoms with van der Waals surface area (Å²) in [4.78, 5) is 26.7. The van der Waals surface area contributed by atoms with Crippen molar-refractivity contribution in [2.45, 2.75) is 71.3 Å². The van der Waals surface area contributed by atoms with Crippen LogP contribution in [0.25, 0.3) is 0 Å². The Morgan fingerprint density at radius 2 is 1.79 bits per heavy atom. The standard InChI is InChI=1S/C19H30N4O/c1-14(2)16-13-17(18(24)23-12-8-5-9-15(23)3)21-19(20-16)22-10-6-4-7-11-22/h13-15H,4-12H2,1-3H3. The molecule has 0 saturated carbocycles. The van der Waals surface area contributed by atoms with Crippen molar-refractivity contribution in [1.29, 1.82) is 0 Å². The van der Waals surface area contributed by atoms with Gasteiger partial charge >= 0.3 is 0 Å². The van der Waals surface area contributed by atoms with Crippen LogP contribution < -0.4 is 4.90 Å².